The fraction of sp³-hybridized carbons (Fsp3) is 0.364. The minimum Gasteiger partial charge on any atom is -0.455 e. The van der Waals surface area contributed by atoms with Gasteiger partial charge < -0.3 is 9.15 Å². The first-order valence-corrected chi connectivity index (χ1v) is 9.39. The largest absolute Gasteiger partial charge is 0.455 e. The number of hydrogen-bond acceptors (Lipinski definition) is 6. The normalized spacial score (nSPS) is 11.3. The van der Waals surface area contributed by atoms with E-state index in [1.54, 1.807) is 25.6 Å². The average Bonchev–Trinajstić information content (AvgIpc) is 2.89. The highest BCUT2D eigenvalue weighted by Crippen LogP contribution is 2.27. The predicted octanol–water partition coefficient (Wildman–Crippen LogP) is 3.50. The number of fused-ring (bicyclic) bond motifs is 1. The predicted molar refractivity (Wildman–Crippen MR) is 108 cm³/mol. The van der Waals surface area contributed by atoms with Gasteiger partial charge in [-0.2, -0.15) is 5.10 Å². The number of ketones is 1. The van der Waals surface area contributed by atoms with Crippen molar-refractivity contribution in [2.45, 2.75) is 47.1 Å². The standard InChI is InChI=1S/C22H24N2O5/c1-11(2)16-9-17-15(8-19(25)29-18(17)7-12(16)3)10-28-22(27)21(26)20-13(4)23-24(6)14(20)5/h7-9,11H,10H2,1-6H3. The average molecular weight is 396 g/mol. The first-order valence-electron chi connectivity index (χ1n) is 9.39. The fourth-order valence-corrected chi connectivity index (χ4v) is 3.55. The van der Waals surface area contributed by atoms with Crippen molar-refractivity contribution in [3.8, 4) is 0 Å². The summed E-state index contributed by atoms with van der Waals surface area (Å²) in [7, 11) is 1.70. The van der Waals surface area contributed by atoms with Gasteiger partial charge >= 0.3 is 11.6 Å². The van der Waals surface area contributed by atoms with Gasteiger partial charge in [0, 0.05) is 29.8 Å². The van der Waals surface area contributed by atoms with Crippen LogP contribution in [0, 0.1) is 20.8 Å². The molecule has 0 aliphatic carbocycles. The van der Waals surface area contributed by atoms with Crippen molar-refractivity contribution in [3.63, 3.8) is 0 Å². The van der Waals surface area contributed by atoms with Crippen molar-refractivity contribution in [3.05, 3.63) is 62.3 Å². The molecule has 0 aliphatic heterocycles. The zero-order valence-corrected chi connectivity index (χ0v) is 17.5. The molecule has 0 unspecified atom stereocenters. The highest BCUT2D eigenvalue weighted by Gasteiger charge is 2.25. The van der Waals surface area contributed by atoms with E-state index in [0.29, 0.717) is 27.9 Å². The van der Waals surface area contributed by atoms with E-state index in [9.17, 15) is 14.4 Å². The maximum absolute atomic E-state index is 12.5. The minimum absolute atomic E-state index is 0.203. The Hall–Kier alpha value is -3.22. The number of carbonyl (C=O) groups excluding carboxylic acids is 2. The number of carbonyl (C=O) groups is 2. The fourth-order valence-electron chi connectivity index (χ4n) is 3.55. The molecule has 0 saturated heterocycles. The summed E-state index contributed by atoms with van der Waals surface area (Å²) < 4.78 is 12.1. The maximum atomic E-state index is 12.5. The highest BCUT2D eigenvalue weighted by atomic mass is 16.5. The number of hydrogen-bond donors (Lipinski definition) is 0. The van der Waals surface area contributed by atoms with Gasteiger partial charge in [-0.15, -0.1) is 0 Å². The van der Waals surface area contributed by atoms with Crippen LogP contribution in [0.2, 0.25) is 0 Å². The zero-order chi connectivity index (χ0) is 21.5. The molecule has 1 aromatic carbocycles. The molecule has 0 saturated carbocycles. The monoisotopic (exact) mass is 396 g/mol. The van der Waals surface area contributed by atoms with E-state index >= 15 is 0 Å². The van der Waals surface area contributed by atoms with E-state index in [1.807, 2.05) is 19.1 Å². The van der Waals surface area contributed by atoms with Crippen LogP contribution in [0.3, 0.4) is 0 Å². The van der Waals surface area contributed by atoms with Crippen LogP contribution >= 0.6 is 0 Å². The second kappa shape index (κ2) is 7.66. The van der Waals surface area contributed by atoms with E-state index < -0.39 is 17.4 Å². The van der Waals surface area contributed by atoms with Gasteiger partial charge in [0.25, 0.3) is 5.78 Å². The van der Waals surface area contributed by atoms with Gasteiger partial charge in [0.1, 0.15) is 12.2 Å². The first kappa shape index (κ1) is 20.5. The molecule has 2 aromatic heterocycles. The van der Waals surface area contributed by atoms with Gasteiger partial charge in [0.2, 0.25) is 0 Å². The third-order valence-corrected chi connectivity index (χ3v) is 5.12. The lowest BCUT2D eigenvalue weighted by Crippen LogP contribution is -2.19. The van der Waals surface area contributed by atoms with E-state index in [4.69, 9.17) is 9.15 Å². The summed E-state index contributed by atoms with van der Waals surface area (Å²) in [6.45, 7) is 9.28. The Labute approximate surface area is 168 Å². The number of aromatic nitrogens is 2. The lowest BCUT2D eigenvalue weighted by Gasteiger charge is -2.13. The van der Waals surface area contributed by atoms with Crippen LogP contribution in [-0.2, 0) is 23.2 Å². The number of ether oxygens (including phenoxy) is 1. The molecule has 0 bridgehead atoms. The Morgan fingerprint density at radius 2 is 1.86 bits per heavy atom. The molecule has 0 amide bonds. The molecule has 29 heavy (non-hydrogen) atoms. The summed E-state index contributed by atoms with van der Waals surface area (Å²) in [6, 6.07) is 5.05. The highest BCUT2D eigenvalue weighted by molar-refractivity contribution is 6.41. The Bertz CT molecular complexity index is 1180. The smallest absolute Gasteiger partial charge is 0.380 e. The van der Waals surface area contributed by atoms with Crippen LogP contribution < -0.4 is 5.63 Å². The molecule has 3 rings (SSSR count). The summed E-state index contributed by atoms with van der Waals surface area (Å²) >= 11 is 0. The van der Waals surface area contributed by atoms with Crippen LogP contribution in [-0.4, -0.2) is 21.5 Å². The van der Waals surface area contributed by atoms with E-state index in [0.717, 1.165) is 11.1 Å². The molecular weight excluding hydrogens is 372 g/mol. The third kappa shape index (κ3) is 3.85. The quantitative estimate of drug-likeness (QED) is 0.284. The van der Waals surface area contributed by atoms with E-state index in [1.165, 1.54) is 6.07 Å². The molecule has 3 aromatic rings. The van der Waals surface area contributed by atoms with Crippen LogP contribution in [0.4, 0.5) is 0 Å². The minimum atomic E-state index is -0.984. The molecule has 0 radical (unpaired) electrons. The lowest BCUT2D eigenvalue weighted by atomic mass is 9.95. The molecule has 0 atom stereocenters. The van der Waals surface area contributed by atoms with E-state index in [2.05, 4.69) is 18.9 Å². The molecule has 7 heteroatoms. The van der Waals surface area contributed by atoms with Gasteiger partial charge in [-0.25, -0.2) is 9.59 Å². The number of benzene rings is 1. The summed E-state index contributed by atoms with van der Waals surface area (Å²) in [5.74, 6) is -1.46. The topological polar surface area (TPSA) is 91.4 Å². The lowest BCUT2D eigenvalue weighted by molar-refractivity contribution is -0.139. The van der Waals surface area contributed by atoms with Crippen LogP contribution in [0.25, 0.3) is 11.0 Å². The van der Waals surface area contributed by atoms with Crippen molar-refractivity contribution < 1.29 is 18.7 Å². The Morgan fingerprint density at radius 1 is 1.17 bits per heavy atom. The van der Waals surface area contributed by atoms with Crippen molar-refractivity contribution in [1.29, 1.82) is 0 Å². The third-order valence-electron chi connectivity index (χ3n) is 5.12. The van der Waals surface area contributed by atoms with Crippen molar-refractivity contribution in [2.24, 2.45) is 7.05 Å². The molecule has 0 spiro atoms. The number of Topliss-reactive ketones (excluding diaryl/α,β-unsaturated/α-hetero) is 1. The second-order valence-electron chi connectivity index (χ2n) is 7.53. The number of aryl methyl sites for hydroxylation is 3. The summed E-state index contributed by atoms with van der Waals surface area (Å²) in [5.41, 5.74) is 3.81. The number of nitrogens with zero attached hydrogens (tertiary/aromatic N) is 2. The Kier molecular flexibility index (Phi) is 5.42. The molecule has 2 heterocycles. The Morgan fingerprint density at radius 3 is 2.45 bits per heavy atom. The number of esters is 1. The van der Waals surface area contributed by atoms with Crippen molar-refractivity contribution in [2.75, 3.05) is 0 Å². The first-order chi connectivity index (χ1) is 13.6. The molecular formula is C22H24N2O5. The van der Waals surface area contributed by atoms with Crippen molar-refractivity contribution >= 4 is 22.7 Å². The molecule has 0 N–H and O–H groups in total. The molecule has 7 nitrogen and oxygen atoms in total. The number of rotatable bonds is 5. The second-order valence-corrected chi connectivity index (χ2v) is 7.53. The van der Waals surface area contributed by atoms with Gasteiger partial charge in [-0.1, -0.05) is 13.8 Å². The zero-order valence-electron chi connectivity index (χ0n) is 17.5. The summed E-state index contributed by atoms with van der Waals surface area (Å²) in [5, 5.41) is 4.84. The van der Waals surface area contributed by atoms with Crippen LogP contribution in [0.5, 0.6) is 0 Å². The summed E-state index contributed by atoms with van der Waals surface area (Å²) in [6.07, 6.45) is 0. The van der Waals surface area contributed by atoms with Crippen LogP contribution in [0.1, 0.15) is 58.2 Å². The SMILES string of the molecule is Cc1cc2oc(=O)cc(COC(=O)C(=O)c3c(C)nn(C)c3C)c2cc1C(C)C. The van der Waals surface area contributed by atoms with Gasteiger partial charge in [-0.3, -0.25) is 9.48 Å². The Balaban J connectivity index is 1.92. The maximum Gasteiger partial charge on any atom is 0.380 e. The van der Waals surface area contributed by atoms with Gasteiger partial charge in [-0.05, 0) is 49.9 Å². The van der Waals surface area contributed by atoms with Crippen molar-refractivity contribution in [1.82, 2.24) is 9.78 Å². The van der Waals surface area contributed by atoms with Crippen LogP contribution in [0.15, 0.2) is 27.4 Å². The molecule has 0 aliphatic rings. The van der Waals surface area contributed by atoms with E-state index in [-0.39, 0.29) is 18.1 Å². The van der Waals surface area contributed by atoms with Gasteiger partial charge in [0.15, 0.2) is 0 Å². The molecule has 0 fully saturated rings. The summed E-state index contributed by atoms with van der Waals surface area (Å²) in [4.78, 5) is 36.8. The van der Waals surface area contributed by atoms with Gasteiger partial charge in [0.05, 0.1) is 11.3 Å². The molecule has 152 valence electrons.